The van der Waals surface area contributed by atoms with Gasteiger partial charge in [0.15, 0.2) is 5.82 Å². The quantitative estimate of drug-likeness (QED) is 0.779. The number of rotatable bonds is 3. The fourth-order valence-corrected chi connectivity index (χ4v) is 2.07. The summed E-state index contributed by atoms with van der Waals surface area (Å²) < 4.78 is 1.85. The molecule has 4 heteroatoms. The number of nitrogens with zero attached hydrogens (tertiary/aromatic N) is 3. The molecular weight excluding hydrogens is 236 g/mol. The largest absolute Gasteiger partial charge is 0.364 e. The number of fused-ring (bicyclic) bond motifs is 1. The van der Waals surface area contributed by atoms with E-state index in [2.05, 4.69) is 46.6 Å². The van der Waals surface area contributed by atoms with E-state index in [1.807, 2.05) is 23.7 Å². The molecule has 19 heavy (non-hydrogen) atoms. The Kier molecular flexibility index (Phi) is 2.91. The van der Waals surface area contributed by atoms with Gasteiger partial charge in [-0.2, -0.15) is 5.10 Å². The van der Waals surface area contributed by atoms with Crippen LogP contribution >= 0.6 is 0 Å². The zero-order chi connectivity index (χ0) is 13.2. The van der Waals surface area contributed by atoms with Crippen LogP contribution in [-0.4, -0.2) is 14.6 Å². The first-order chi connectivity index (χ1) is 9.22. The van der Waals surface area contributed by atoms with Crippen LogP contribution in [0.25, 0.3) is 5.52 Å². The van der Waals surface area contributed by atoms with Crippen molar-refractivity contribution in [2.75, 3.05) is 5.32 Å². The molecule has 0 spiro atoms. The summed E-state index contributed by atoms with van der Waals surface area (Å²) in [5, 5.41) is 7.74. The van der Waals surface area contributed by atoms with Crippen LogP contribution in [0.5, 0.6) is 0 Å². The zero-order valence-corrected chi connectivity index (χ0v) is 11.1. The monoisotopic (exact) mass is 252 g/mol. The molecule has 0 aliphatic rings. The number of hydrogen-bond donors (Lipinski definition) is 1. The van der Waals surface area contributed by atoms with Gasteiger partial charge in [0, 0.05) is 18.9 Å². The first kappa shape index (κ1) is 11.7. The molecule has 0 aliphatic heterocycles. The maximum Gasteiger partial charge on any atom is 0.152 e. The van der Waals surface area contributed by atoms with Crippen molar-refractivity contribution in [3.05, 3.63) is 59.5 Å². The molecular formula is C15H16N4. The summed E-state index contributed by atoms with van der Waals surface area (Å²) in [6, 6.07) is 10.5. The van der Waals surface area contributed by atoms with Crippen molar-refractivity contribution in [2.45, 2.75) is 20.4 Å². The van der Waals surface area contributed by atoms with Gasteiger partial charge in [0.25, 0.3) is 0 Å². The topological polar surface area (TPSA) is 42.2 Å². The van der Waals surface area contributed by atoms with Crippen molar-refractivity contribution in [1.82, 2.24) is 14.6 Å². The van der Waals surface area contributed by atoms with E-state index in [-0.39, 0.29) is 0 Å². The van der Waals surface area contributed by atoms with E-state index in [1.165, 1.54) is 11.1 Å². The minimum absolute atomic E-state index is 0.761. The maximum absolute atomic E-state index is 4.38. The SMILES string of the molecule is Cc1ccc(CNc2nccn3nc(C)cc23)cc1. The van der Waals surface area contributed by atoms with E-state index in [9.17, 15) is 0 Å². The van der Waals surface area contributed by atoms with Gasteiger partial charge in [-0.1, -0.05) is 29.8 Å². The standard InChI is InChI=1S/C15H16N4/c1-11-3-5-13(6-4-11)10-17-15-14-9-12(2)18-19(14)8-7-16-15/h3-9H,10H2,1-2H3,(H,16,17). The molecule has 2 heterocycles. The van der Waals surface area contributed by atoms with Gasteiger partial charge in [-0.05, 0) is 25.5 Å². The highest BCUT2D eigenvalue weighted by Gasteiger charge is 2.04. The van der Waals surface area contributed by atoms with E-state index in [0.29, 0.717) is 0 Å². The molecule has 1 aromatic carbocycles. The second-order valence-corrected chi connectivity index (χ2v) is 4.73. The zero-order valence-electron chi connectivity index (χ0n) is 11.1. The summed E-state index contributed by atoms with van der Waals surface area (Å²) in [6.45, 7) is 4.84. The van der Waals surface area contributed by atoms with Crippen molar-refractivity contribution in [3.8, 4) is 0 Å². The van der Waals surface area contributed by atoms with Crippen LogP contribution in [0, 0.1) is 13.8 Å². The predicted molar refractivity (Wildman–Crippen MR) is 76.2 cm³/mol. The molecule has 96 valence electrons. The van der Waals surface area contributed by atoms with Crippen molar-refractivity contribution >= 4 is 11.3 Å². The highest BCUT2D eigenvalue weighted by atomic mass is 15.2. The third-order valence-corrected chi connectivity index (χ3v) is 3.09. The molecule has 1 N–H and O–H groups in total. The van der Waals surface area contributed by atoms with Crippen molar-refractivity contribution < 1.29 is 0 Å². The van der Waals surface area contributed by atoms with Crippen LogP contribution < -0.4 is 5.32 Å². The lowest BCUT2D eigenvalue weighted by Gasteiger charge is -2.07. The fraction of sp³-hybridized carbons (Fsp3) is 0.200. The molecule has 0 unspecified atom stereocenters. The lowest BCUT2D eigenvalue weighted by atomic mass is 10.1. The fourth-order valence-electron chi connectivity index (χ4n) is 2.07. The Balaban J connectivity index is 1.83. The van der Waals surface area contributed by atoms with Gasteiger partial charge in [0.2, 0.25) is 0 Å². The molecule has 0 atom stereocenters. The first-order valence-electron chi connectivity index (χ1n) is 6.33. The number of nitrogens with one attached hydrogen (secondary N) is 1. The third kappa shape index (κ3) is 2.42. The summed E-state index contributed by atoms with van der Waals surface area (Å²) in [7, 11) is 0. The molecule has 0 fully saturated rings. The van der Waals surface area contributed by atoms with Gasteiger partial charge in [0.05, 0.1) is 5.69 Å². The van der Waals surface area contributed by atoms with Gasteiger partial charge < -0.3 is 5.32 Å². The van der Waals surface area contributed by atoms with E-state index >= 15 is 0 Å². The van der Waals surface area contributed by atoms with Crippen molar-refractivity contribution in [1.29, 1.82) is 0 Å². The number of anilines is 1. The summed E-state index contributed by atoms with van der Waals surface area (Å²) in [4.78, 5) is 4.38. The van der Waals surface area contributed by atoms with Gasteiger partial charge >= 0.3 is 0 Å². The molecule has 0 aliphatic carbocycles. The summed E-state index contributed by atoms with van der Waals surface area (Å²) in [5.74, 6) is 0.865. The van der Waals surface area contributed by atoms with Crippen molar-refractivity contribution in [3.63, 3.8) is 0 Å². The van der Waals surface area contributed by atoms with Crippen LogP contribution in [0.15, 0.2) is 42.7 Å². The van der Waals surface area contributed by atoms with Crippen LogP contribution in [0.4, 0.5) is 5.82 Å². The Morgan fingerprint density at radius 3 is 2.74 bits per heavy atom. The second-order valence-electron chi connectivity index (χ2n) is 4.73. The predicted octanol–water partition coefficient (Wildman–Crippen LogP) is 2.96. The minimum Gasteiger partial charge on any atom is -0.364 e. The Hall–Kier alpha value is -2.36. The van der Waals surface area contributed by atoms with Gasteiger partial charge in [0.1, 0.15) is 5.52 Å². The van der Waals surface area contributed by atoms with Crippen LogP contribution in [0.2, 0.25) is 0 Å². The molecule has 0 saturated heterocycles. The molecule has 3 aromatic rings. The highest BCUT2D eigenvalue weighted by molar-refractivity contribution is 5.67. The smallest absolute Gasteiger partial charge is 0.152 e. The van der Waals surface area contributed by atoms with Crippen LogP contribution in [0.1, 0.15) is 16.8 Å². The summed E-state index contributed by atoms with van der Waals surface area (Å²) >= 11 is 0. The van der Waals surface area contributed by atoms with Gasteiger partial charge in [-0.25, -0.2) is 9.50 Å². The number of aromatic nitrogens is 3. The molecule has 0 bridgehead atoms. The maximum atomic E-state index is 4.38. The number of benzene rings is 1. The Labute approximate surface area is 112 Å². The lowest BCUT2D eigenvalue weighted by molar-refractivity contribution is 0.920. The van der Waals surface area contributed by atoms with E-state index in [0.717, 1.165) is 23.6 Å². The van der Waals surface area contributed by atoms with E-state index in [1.54, 1.807) is 6.20 Å². The molecule has 0 radical (unpaired) electrons. The van der Waals surface area contributed by atoms with Crippen LogP contribution in [-0.2, 0) is 6.54 Å². The summed E-state index contributed by atoms with van der Waals surface area (Å²) in [5.41, 5.74) is 4.51. The highest BCUT2D eigenvalue weighted by Crippen LogP contribution is 2.15. The summed E-state index contributed by atoms with van der Waals surface area (Å²) in [6.07, 6.45) is 3.62. The number of hydrogen-bond acceptors (Lipinski definition) is 3. The van der Waals surface area contributed by atoms with E-state index in [4.69, 9.17) is 0 Å². The Morgan fingerprint density at radius 1 is 1.16 bits per heavy atom. The molecule has 3 rings (SSSR count). The van der Waals surface area contributed by atoms with Gasteiger partial charge in [-0.15, -0.1) is 0 Å². The molecule has 0 amide bonds. The van der Waals surface area contributed by atoms with Crippen molar-refractivity contribution in [2.24, 2.45) is 0 Å². The second kappa shape index (κ2) is 4.72. The average molecular weight is 252 g/mol. The van der Waals surface area contributed by atoms with Gasteiger partial charge in [-0.3, -0.25) is 0 Å². The molecule has 0 saturated carbocycles. The Bertz CT molecular complexity index is 698. The third-order valence-electron chi connectivity index (χ3n) is 3.09. The van der Waals surface area contributed by atoms with Crippen LogP contribution in [0.3, 0.4) is 0 Å². The Morgan fingerprint density at radius 2 is 1.95 bits per heavy atom. The molecule has 4 nitrogen and oxygen atoms in total. The lowest BCUT2D eigenvalue weighted by Crippen LogP contribution is -2.03. The normalized spacial score (nSPS) is 10.8. The minimum atomic E-state index is 0.761. The average Bonchev–Trinajstić information content (AvgIpc) is 2.79. The number of aryl methyl sites for hydroxylation is 2. The first-order valence-corrected chi connectivity index (χ1v) is 6.33. The molecule has 2 aromatic heterocycles. The van der Waals surface area contributed by atoms with E-state index < -0.39 is 0 Å².